The van der Waals surface area contributed by atoms with Crippen molar-refractivity contribution in [2.45, 2.75) is 51.0 Å². The molecule has 0 aromatic carbocycles. The van der Waals surface area contributed by atoms with Crippen LogP contribution in [0.15, 0.2) is 0 Å². The molecule has 0 aromatic rings. The van der Waals surface area contributed by atoms with E-state index in [-0.39, 0.29) is 18.4 Å². The molecule has 1 atom stereocenters. The van der Waals surface area contributed by atoms with Crippen molar-refractivity contribution in [2.75, 3.05) is 18.9 Å². The summed E-state index contributed by atoms with van der Waals surface area (Å²) in [5.74, 6) is 0.689. The van der Waals surface area contributed by atoms with Crippen molar-refractivity contribution in [3.63, 3.8) is 0 Å². The monoisotopic (exact) mass is 261 g/mol. The van der Waals surface area contributed by atoms with E-state index >= 15 is 0 Å². The molecule has 1 heterocycles. The molecule has 0 spiro atoms. The predicted molar refractivity (Wildman–Crippen MR) is 67.2 cm³/mol. The minimum Gasteiger partial charge on any atom is -0.396 e. The average Bonchev–Trinajstić information content (AvgIpc) is 2.95. The molecule has 1 N–H and O–H groups in total. The Morgan fingerprint density at radius 3 is 2.47 bits per heavy atom. The van der Waals surface area contributed by atoms with Gasteiger partial charge >= 0.3 is 0 Å². The van der Waals surface area contributed by atoms with Gasteiger partial charge in [0.05, 0.1) is 5.75 Å². The molecule has 1 unspecified atom stereocenters. The summed E-state index contributed by atoms with van der Waals surface area (Å²) >= 11 is 0. The third-order valence-corrected chi connectivity index (χ3v) is 6.08. The van der Waals surface area contributed by atoms with Gasteiger partial charge in [-0.15, -0.1) is 0 Å². The lowest BCUT2D eigenvalue weighted by Gasteiger charge is -2.28. The molecule has 2 fully saturated rings. The predicted octanol–water partition coefficient (Wildman–Crippen LogP) is 1.35. The second kappa shape index (κ2) is 5.67. The number of sulfonamides is 1. The summed E-state index contributed by atoms with van der Waals surface area (Å²) in [5, 5.41) is 8.77. The van der Waals surface area contributed by atoms with Gasteiger partial charge in [-0.1, -0.05) is 12.8 Å². The standard InChI is InChI=1S/C12H23NO3S/c14-9-4-10-17(15,16)13-8-3-7-12(13)11-5-1-2-6-11/h11-12,14H,1-10H2. The van der Waals surface area contributed by atoms with Crippen molar-refractivity contribution in [3.8, 4) is 0 Å². The zero-order valence-electron chi connectivity index (χ0n) is 10.3. The number of nitrogens with zero attached hydrogens (tertiary/aromatic N) is 1. The van der Waals surface area contributed by atoms with Crippen molar-refractivity contribution in [3.05, 3.63) is 0 Å². The normalized spacial score (nSPS) is 27.9. The molecular weight excluding hydrogens is 238 g/mol. The first-order chi connectivity index (χ1) is 8.15. The number of aliphatic hydroxyl groups is 1. The fourth-order valence-corrected chi connectivity index (χ4v) is 5.11. The Bertz CT molecular complexity index is 336. The lowest BCUT2D eigenvalue weighted by Crippen LogP contribution is -2.40. The maximum Gasteiger partial charge on any atom is 0.214 e. The SMILES string of the molecule is O=S(=O)(CCCO)N1CCCC1C1CCCC1. The van der Waals surface area contributed by atoms with Crippen LogP contribution in [0.5, 0.6) is 0 Å². The summed E-state index contributed by atoms with van der Waals surface area (Å²) in [6.45, 7) is 0.649. The van der Waals surface area contributed by atoms with Crippen LogP contribution in [0.3, 0.4) is 0 Å². The summed E-state index contributed by atoms with van der Waals surface area (Å²) in [4.78, 5) is 0. The van der Waals surface area contributed by atoms with Gasteiger partial charge in [0.2, 0.25) is 10.0 Å². The van der Waals surface area contributed by atoms with E-state index in [0.29, 0.717) is 18.9 Å². The molecule has 1 aliphatic carbocycles. The molecule has 0 amide bonds. The molecule has 0 aromatic heterocycles. The summed E-state index contributed by atoms with van der Waals surface area (Å²) in [6, 6.07) is 0.251. The van der Waals surface area contributed by atoms with E-state index < -0.39 is 10.0 Å². The third-order valence-electron chi connectivity index (χ3n) is 4.11. The van der Waals surface area contributed by atoms with Crippen LogP contribution < -0.4 is 0 Å². The first kappa shape index (κ1) is 13.3. The molecule has 2 rings (SSSR count). The van der Waals surface area contributed by atoms with E-state index in [9.17, 15) is 8.42 Å². The van der Waals surface area contributed by atoms with Gasteiger partial charge in [-0.3, -0.25) is 0 Å². The molecule has 17 heavy (non-hydrogen) atoms. The molecule has 1 saturated carbocycles. The number of hydrogen-bond donors (Lipinski definition) is 1. The summed E-state index contributed by atoms with van der Waals surface area (Å²) in [7, 11) is -3.14. The van der Waals surface area contributed by atoms with E-state index in [4.69, 9.17) is 5.11 Å². The van der Waals surface area contributed by atoms with Crippen molar-refractivity contribution < 1.29 is 13.5 Å². The zero-order chi connectivity index (χ0) is 12.3. The van der Waals surface area contributed by atoms with Gasteiger partial charge in [0.1, 0.15) is 0 Å². The molecule has 4 nitrogen and oxygen atoms in total. The highest BCUT2D eigenvalue weighted by molar-refractivity contribution is 7.89. The van der Waals surface area contributed by atoms with Gasteiger partial charge in [0.25, 0.3) is 0 Å². The van der Waals surface area contributed by atoms with Crippen molar-refractivity contribution >= 4 is 10.0 Å². The van der Waals surface area contributed by atoms with E-state index in [1.165, 1.54) is 25.7 Å². The lowest BCUT2D eigenvalue weighted by molar-refractivity contribution is 0.280. The van der Waals surface area contributed by atoms with E-state index in [1.807, 2.05) is 0 Å². The van der Waals surface area contributed by atoms with Crippen molar-refractivity contribution in [2.24, 2.45) is 5.92 Å². The van der Waals surface area contributed by atoms with E-state index in [2.05, 4.69) is 0 Å². The molecule has 1 saturated heterocycles. The van der Waals surface area contributed by atoms with Crippen LogP contribution in [0.4, 0.5) is 0 Å². The van der Waals surface area contributed by atoms with Gasteiger partial charge in [-0.05, 0) is 38.0 Å². The van der Waals surface area contributed by atoms with Gasteiger partial charge in [-0.25, -0.2) is 8.42 Å². The first-order valence-corrected chi connectivity index (χ1v) is 8.36. The summed E-state index contributed by atoms with van der Waals surface area (Å²) < 4.78 is 26.1. The smallest absolute Gasteiger partial charge is 0.214 e. The van der Waals surface area contributed by atoms with Crippen LogP contribution in [0, 0.1) is 5.92 Å². The molecule has 0 bridgehead atoms. The topological polar surface area (TPSA) is 57.6 Å². The van der Waals surface area contributed by atoms with Gasteiger partial charge < -0.3 is 5.11 Å². The number of hydrogen-bond acceptors (Lipinski definition) is 3. The largest absolute Gasteiger partial charge is 0.396 e. The quantitative estimate of drug-likeness (QED) is 0.813. The molecule has 1 aliphatic heterocycles. The van der Waals surface area contributed by atoms with Crippen LogP contribution in [0.2, 0.25) is 0 Å². The number of rotatable bonds is 5. The molecule has 100 valence electrons. The Morgan fingerprint density at radius 2 is 1.82 bits per heavy atom. The van der Waals surface area contributed by atoms with Gasteiger partial charge in [0, 0.05) is 19.2 Å². The maximum atomic E-state index is 12.2. The summed E-state index contributed by atoms with van der Waals surface area (Å²) in [5.41, 5.74) is 0. The van der Waals surface area contributed by atoms with Crippen LogP contribution in [-0.4, -0.2) is 42.8 Å². The zero-order valence-corrected chi connectivity index (χ0v) is 11.2. The highest BCUT2D eigenvalue weighted by atomic mass is 32.2. The van der Waals surface area contributed by atoms with Gasteiger partial charge in [-0.2, -0.15) is 4.31 Å². The Labute approximate surface area is 104 Å². The highest BCUT2D eigenvalue weighted by Gasteiger charge is 2.39. The minimum atomic E-state index is -3.14. The Morgan fingerprint density at radius 1 is 1.12 bits per heavy atom. The van der Waals surface area contributed by atoms with Crippen LogP contribution in [0.25, 0.3) is 0 Å². The lowest BCUT2D eigenvalue weighted by atomic mass is 9.97. The fraction of sp³-hybridized carbons (Fsp3) is 1.00. The Balaban J connectivity index is 2.03. The second-order valence-electron chi connectivity index (χ2n) is 5.26. The van der Waals surface area contributed by atoms with Crippen molar-refractivity contribution in [1.29, 1.82) is 0 Å². The summed E-state index contributed by atoms with van der Waals surface area (Å²) in [6.07, 6.45) is 7.28. The minimum absolute atomic E-state index is 0.0405. The van der Waals surface area contributed by atoms with E-state index in [0.717, 1.165) is 12.8 Å². The Hall–Kier alpha value is -0.130. The van der Waals surface area contributed by atoms with Crippen molar-refractivity contribution in [1.82, 2.24) is 4.31 Å². The third kappa shape index (κ3) is 3.01. The molecule has 2 aliphatic rings. The second-order valence-corrected chi connectivity index (χ2v) is 7.30. The molecule has 5 heteroatoms. The van der Waals surface area contributed by atoms with E-state index in [1.54, 1.807) is 4.31 Å². The Kier molecular flexibility index (Phi) is 4.44. The molecule has 0 radical (unpaired) electrons. The number of aliphatic hydroxyl groups excluding tert-OH is 1. The van der Waals surface area contributed by atoms with Crippen LogP contribution >= 0.6 is 0 Å². The first-order valence-electron chi connectivity index (χ1n) is 6.75. The maximum absolute atomic E-state index is 12.2. The van der Waals surface area contributed by atoms with Gasteiger partial charge in [0.15, 0.2) is 0 Å². The van der Waals surface area contributed by atoms with Crippen LogP contribution in [-0.2, 0) is 10.0 Å². The highest BCUT2D eigenvalue weighted by Crippen LogP contribution is 2.36. The fourth-order valence-electron chi connectivity index (χ4n) is 3.29. The van der Waals surface area contributed by atoms with Crippen LogP contribution in [0.1, 0.15) is 44.9 Å². The average molecular weight is 261 g/mol. The molecular formula is C12H23NO3S.